The third kappa shape index (κ3) is 3.46. The Bertz CT molecular complexity index is 784. The number of amides is 1. The molecule has 8 heteroatoms. The Balaban J connectivity index is 2.15. The molecule has 0 unspecified atom stereocenters. The predicted molar refractivity (Wildman–Crippen MR) is 75.0 cm³/mol. The number of sulfone groups is 1. The van der Waals surface area contributed by atoms with E-state index in [1.807, 2.05) is 0 Å². The minimum absolute atomic E-state index is 0.186. The van der Waals surface area contributed by atoms with Gasteiger partial charge in [-0.2, -0.15) is 0 Å². The molecule has 0 fully saturated rings. The molecular weight excluding hydrogens is 297 g/mol. The molecule has 0 spiro atoms. The zero-order valence-corrected chi connectivity index (χ0v) is 12.3. The molecule has 0 aliphatic rings. The number of nitrogens with one attached hydrogen (secondary N) is 1. The largest absolute Gasteiger partial charge is 0.325 e. The highest BCUT2D eigenvalue weighted by molar-refractivity contribution is 7.92. The molecule has 0 atom stereocenters. The highest BCUT2D eigenvalue weighted by Crippen LogP contribution is 2.16. The van der Waals surface area contributed by atoms with Crippen LogP contribution in [-0.4, -0.2) is 29.6 Å². The van der Waals surface area contributed by atoms with Gasteiger partial charge in [0.15, 0.2) is 0 Å². The lowest BCUT2D eigenvalue weighted by atomic mass is 10.2. The molecule has 2 rings (SSSR count). The second kappa shape index (κ2) is 5.65. The van der Waals surface area contributed by atoms with Gasteiger partial charge in [0.2, 0.25) is 20.9 Å². The molecule has 0 radical (unpaired) electrons. The number of halogens is 1. The first-order valence-corrected chi connectivity index (χ1v) is 7.71. The van der Waals surface area contributed by atoms with Gasteiger partial charge in [0, 0.05) is 25.1 Å². The van der Waals surface area contributed by atoms with Crippen molar-refractivity contribution in [2.75, 3.05) is 11.1 Å². The molecule has 2 aromatic rings. The van der Waals surface area contributed by atoms with E-state index in [9.17, 15) is 17.6 Å². The Morgan fingerprint density at radius 1 is 1.43 bits per heavy atom. The summed E-state index contributed by atoms with van der Waals surface area (Å²) in [7, 11) is -2.32. The summed E-state index contributed by atoms with van der Waals surface area (Å²) in [6.07, 6.45) is 2.81. The second-order valence-electron chi connectivity index (χ2n) is 4.59. The van der Waals surface area contributed by atoms with E-state index in [-0.39, 0.29) is 10.8 Å². The number of imidazole rings is 1. The summed E-state index contributed by atoms with van der Waals surface area (Å²) >= 11 is 0. The third-order valence-corrected chi connectivity index (χ3v) is 4.44. The van der Waals surface area contributed by atoms with Gasteiger partial charge in [-0.1, -0.05) is 6.07 Å². The van der Waals surface area contributed by atoms with E-state index in [0.717, 1.165) is 6.07 Å². The summed E-state index contributed by atoms with van der Waals surface area (Å²) in [6.45, 7) is 1.68. The summed E-state index contributed by atoms with van der Waals surface area (Å²) < 4.78 is 38.5. The predicted octanol–water partition coefficient (Wildman–Crippen LogP) is 1.28. The fraction of sp³-hybridized carbons (Fsp3) is 0.231. The minimum atomic E-state index is -3.84. The Hall–Kier alpha value is -2.22. The number of rotatable bonds is 4. The number of hydrogen-bond donors (Lipinski definition) is 1. The first-order valence-electron chi connectivity index (χ1n) is 6.05. The summed E-state index contributed by atoms with van der Waals surface area (Å²) in [5.74, 6) is -2.01. The molecule has 0 aliphatic heterocycles. The molecule has 1 N–H and O–H groups in total. The van der Waals surface area contributed by atoms with Crippen molar-refractivity contribution < 1.29 is 17.6 Å². The fourth-order valence-electron chi connectivity index (χ4n) is 1.80. The molecule has 1 heterocycles. The summed E-state index contributed by atoms with van der Waals surface area (Å²) in [5.41, 5.74) is 0.883. The van der Waals surface area contributed by atoms with E-state index >= 15 is 0 Å². The molecular formula is C13H14FN3O3S. The van der Waals surface area contributed by atoms with Crippen molar-refractivity contribution in [3.63, 3.8) is 0 Å². The van der Waals surface area contributed by atoms with E-state index in [0.29, 0.717) is 5.56 Å². The average Bonchev–Trinajstić information content (AvgIpc) is 2.80. The van der Waals surface area contributed by atoms with Crippen LogP contribution >= 0.6 is 0 Å². The number of benzene rings is 1. The lowest BCUT2D eigenvalue weighted by Gasteiger charge is -2.09. The Kier molecular flexibility index (Phi) is 4.08. The molecule has 1 aromatic carbocycles. The van der Waals surface area contributed by atoms with Gasteiger partial charge < -0.3 is 9.88 Å². The van der Waals surface area contributed by atoms with Crippen molar-refractivity contribution in [1.29, 1.82) is 0 Å². The van der Waals surface area contributed by atoms with Crippen LogP contribution in [0.2, 0.25) is 0 Å². The molecule has 1 aromatic heterocycles. The maximum atomic E-state index is 13.1. The molecule has 0 aliphatic carbocycles. The normalized spacial score (nSPS) is 11.4. The third-order valence-electron chi connectivity index (χ3n) is 2.85. The fourth-order valence-corrected chi connectivity index (χ4v) is 3.07. The monoisotopic (exact) mass is 311 g/mol. The lowest BCUT2D eigenvalue weighted by Crippen LogP contribution is -2.25. The van der Waals surface area contributed by atoms with E-state index in [2.05, 4.69) is 10.3 Å². The van der Waals surface area contributed by atoms with Gasteiger partial charge in [-0.05, 0) is 24.6 Å². The standard InChI is InChI=1S/C13H14FN3O3S/c1-9-3-4-10(14)7-11(9)16-12(18)8-21(19,20)13-15-5-6-17(13)2/h3-7H,8H2,1-2H3,(H,16,18). The van der Waals surface area contributed by atoms with Crippen LogP contribution in [-0.2, 0) is 21.7 Å². The molecule has 1 amide bonds. The van der Waals surface area contributed by atoms with Gasteiger partial charge in [0.1, 0.15) is 11.6 Å². The van der Waals surface area contributed by atoms with Gasteiger partial charge in [0.05, 0.1) is 0 Å². The van der Waals surface area contributed by atoms with E-state index in [4.69, 9.17) is 0 Å². The van der Waals surface area contributed by atoms with Crippen molar-refractivity contribution in [2.24, 2.45) is 7.05 Å². The van der Waals surface area contributed by atoms with Gasteiger partial charge in [-0.15, -0.1) is 0 Å². The molecule has 21 heavy (non-hydrogen) atoms. The zero-order valence-electron chi connectivity index (χ0n) is 11.5. The maximum Gasteiger partial charge on any atom is 0.240 e. The Labute approximate surface area is 121 Å². The Morgan fingerprint density at radius 3 is 2.76 bits per heavy atom. The molecule has 112 valence electrons. The number of aromatic nitrogens is 2. The highest BCUT2D eigenvalue weighted by atomic mass is 32.2. The van der Waals surface area contributed by atoms with Crippen LogP contribution in [0.3, 0.4) is 0 Å². The summed E-state index contributed by atoms with van der Waals surface area (Å²) in [6, 6.07) is 3.90. The maximum absolute atomic E-state index is 13.1. The number of carbonyl (C=O) groups is 1. The SMILES string of the molecule is Cc1ccc(F)cc1NC(=O)CS(=O)(=O)c1nccn1C. The van der Waals surface area contributed by atoms with Crippen LogP contribution in [0.5, 0.6) is 0 Å². The average molecular weight is 311 g/mol. The van der Waals surface area contributed by atoms with Crippen molar-refractivity contribution in [1.82, 2.24) is 9.55 Å². The van der Waals surface area contributed by atoms with Crippen LogP contribution in [0.15, 0.2) is 35.7 Å². The van der Waals surface area contributed by atoms with Crippen LogP contribution in [0.25, 0.3) is 0 Å². The lowest BCUT2D eigenvalue weighted by molar-refractivity contribution is -0.113. The van der Waals surface area contributed by atoms with Gasteiger partial charge in [0.25, 0.3) is 0 Å². The quantitative estimate of drug-likeness (QED) is 0.922. The van der Waals surface area contributed by atoms with Crippen molar-refractivity contribution in [3.05, 3.63) is 42.0 Å². The Morgan fingerprint density at radius 2 is 2.14 bits per heavy atom. The minimum Gasteiger partial charge on any atom is -0.325 e. The number of anilines is 1. The van der Waals surface area contributed by atoms with E-state index in [1.165, 1.54) is 36.1 Å². The van der Waals surface area contributed by atoms with E-state index < -0.39 is 27.3 Å². The number of hydrogen-bond acceptors (Lipinski definition) is 4. The summed E-state index contributed by atoms with van der Waals surface area (Å²) in [4.78, 5) is 15.6. The number of nitrogens with zero attached hydrogens (tertiary/aromatic N) is 2. The van der Waals surface area contributed by atoms with Crippen LogP contribution < -0.4 is 5.32 Å². The molecule has 0 bridgehead atoms. The van der Waals surface area contributed by atoms with Gasteiger partial charge in [-0.3, -0.25) is 4.79 Å². The first kappa shape index (κ1) is 15.2. The van der Waals surface area contributed by atoms with Crippen molar-refractivity contribution in [2.45, 2.75) is 12.1 Å². The van der Waals surface area contributed by atoms with E-state index in [1.54, 1.807) is 6.92 Å². The first-order chi connectivity index (χ1) is 9.79. The van der Waals surface area contributed by atoms with Crippen molar-refractivity contribution >= 4 is 21.4 Å². The van der Waals surface area contributed by atoms with Gasteiger partial charge >= 0.3 is 0 Å². The molecule has 0 saturated heterocycles. The van der Waals surface area contributed by atoms with Gasteiger partial charge in [-0.25, -0.2) is 17.8 Å². The zero-order chi connectivity index (χ0) is 15.6. The molecule has 0 saturated carbocycles. The highest BCUT2D eigenvalue weighted by Gasteiger charge is 2.23. The van der Waals surface area contributed by atoms with Crippen molar-refractivity contribution in [3.8, 4) is 0 Å². The topological polar surface area (TPSA) is 81.1 Å². The van der Waals surface area contributed by atoms with Crippen LogP contribution in [0.1, 0.15) is 5.56 Å². The smallest absolute Gasteiger partial charge is 0.240 e. The number of carbonyl (C=O) groups excluding carboxylic acids is 1. The van der Waals surface area contributed by atoms with Crippen LogP contribution in [0.4, 0.5) is 10.1 Å². The second-order valence-corrected chi connectivity index (χ2v) is 6.47. The summed E-state index contributed by atoms with van der Waals surface area (Å²) in [5, 5.41) is 2.21. The molecule has 6 nitrogen and oxygen atoms in total. The number of aryl methyl sites for hydroxylation is 2. The van der Waals surface area contributed by atoms with Crippen LogP contribution in [0, 0.1) is 12.7 Å².